The first-order chi connectivity index (χ1) is 11.0. The standard InChI is InChI=1S/C16H21N3O4/c1-2-3-9-13(15(17)21)19-14(20)10-18-16(22)23-11-12-7-5-4-6-8-12/h2,4-8,13H,1,3,9-11H2,(H2,17,21)(H,18,22)(H,19,20)/t13-/m0/s1. The second kappa shape index (κ2) is 9.99. The van der Waals surface area contributed by atoms with Crippen molar-refractivity contribution in [2.45, 2.75) is 25.5 Å². The summed E-state index contributed by atoms with van der Waals surface area (Å²) in [5.74, 6) is -1.15. The fourth-order valence-electron chi connectivity index (χ4n) is 1.74. The third-order valence-electron chi connectivity index (χ3n) is 2.94. The van der Waals surface area contributed by atoms with Gasteiger partial charge in [-0.2, -0.15) is 0 Å². The SMILES string of the molecule is C=CCC[C@H](NC(=O)CNC(=O)OCc1ccccc1)C(N)=O. The molecule has 1 aromatic rings. The topological polar surface area (TPSA) is 111 Å². The number of nitrogens with one attached hydrogen (secondary N) is 2. The number of rotatable bonds is 9. The molecule has 3 amide bonds. The number of alkyl carbamates (subject to hydrolysis) is 1. The van der Waals surface area contributed by atoms with E-state index in [0.717, 1.165) is 5.56 Å². The predicted octanol–water partition coefficient (Wildman–Crippen LogP) is 0.849. The summed E-state index contributed by atoms with van der Waals surface area (Å²) in [6.07, 6.45) is 1.82. The van der Waals surface area contributed by atoms with Gasteiger partial charge >= 0.3 is 6.09 Å². The minimum Gasteiger partial charge on any atom is -0.445 e. The number of ether oxygens (including phenoxy) is 1. The summed E-state index contributed by atoms with van der Waals surface area (Å²) in [5, 5.41) is 4.76. The molecular weight excluding hydrogens is 298 g/mol. The van der Waals surface area contributed by atoms with Crippen molar-refractivity contribution in [1.29, 1.82) is 0 Å². The van der Waals surface area contributed by atoms with Crippen LogP contribution in [0.2, 0.25) is 0 Å². The highest BCUT2D eigenvalue weighted by Crippen LogP contribution is 2.00. The van der Waals surface area contributed by atoms with E-state index in [-0.39, 0.29) is 13.2 Å². The lowest BCUT2D eigenvalue weighted by molar-refractivity contribution is -0.126. The monoisotopic (exact) mass is 319 g/mol. The molecule has 0 unspecified atom stereocenters. The molecule has 7 heteroatoms. The zero-order chi connectivity index (χ0) is 17.1. The summed E-state index contributed by atoms with van der Waals surface area (Å²) in [6, 6.07) is 8.36. The van der Waals surface area contributed by atoms with E-state index in [0.29, 0.717) is 12.8 Å². The van der Waals surface area contributed by atoms with E-state index in [4.69, 9.17) is 10.5 Å². The lowest BCUT2D eigenvalue weighted by atomic mass is 10.1. The number of primary amides is 1. The molecule has 124 valence electrons. The molecule has 0 saturated heterocycles. The van der Waals surface area contributed by atoms with Crippen molar-refractivity contribution < 1.29 is 19.1 Å². The highest BCUT2D eigenvalue weighted by atomic mass is 16.5. The molecule has 0 fully saturated rings. The van der Waals surface area contributed by atoms with E-state index < -0.39 is 23.9 Å². The quantitative estimate of drug-likeness (QED) is 0.586. The predicted molar refractivity (Wildman–Crippen MR) is 85.2 cm³/mol. The van der Waals surface area contributed by atoms with Gasteiger partial charge in [0.05, 0.1) is 0 Å². The Balaban J connectivity index is 2.29. The van der Waals surface area contributed by atoms with Crippen LogP contribution in [0.1, 0.15) is 18.4 Å². The minimum absolute atomic E-state index is 0.109. The number of nitrogens with two attached hydrogens (primary N) is 1. The zero-order valence-electron chi connectivity index (χ0n) is 12.8. The summed E-state index contributed by atoms with van der Waals surface area (Å²) >= 11 is 0. The van der Waals surface area contributed by atoms with Gasteiger partial charge in [-0.25, -0.2) is 4.79 Å². The van der Waals surface area contributed by atoms with E-state index >= 15 is 0 Å². The first-order valence-electron chi connectivity index (χ1n) is 7.17. The van der Waals surface area contributed by atoms with Crippen molar-refractivity contribution in [2.24, 2.45) is 5.73 Å². The van der Waals surface area contributed by atoms with Crippen LogP contribution in [0, 0.1) is 0 Å². The molecule has 1 atom stereocenters. The van der Waals surface area contributed by atoms with Crippen LogP contribution in [0.4, 0.5) is 4.79 Å². The minimum atomic E-state index is -0.789. The zero-order valence-corrected chi connectivity index (χ0v) is 12.8. The molecule has 4 N–H and O–H groups in total. The number of benzene rings is 1. The molecule has 0 radical (unpaired) electrons. The molecule has 1 rings (SSSR count). The smallest absolute Gasteiger partial charge is 0.407 e. The summed E-state index contributed by atoms with van der Waals surface area (Å²) in [7, 11) is 0. The molecule has 7 nitrogen and oxygen atoms in total. The molecule has 23 heavy (non-hydrogen) atoms. The van der Waals surface area contributed by atoms with Gasteiger partial charge in [-0.15, -0.1) is 6.58 Å². The van der Waals surface area contributed by atoms with Crippen molar-refractivity contribution in [2.75, 3.05) is 6.54 Å². The number of amides is 3. The maximum Gasteiger partial charge on any atom is 0.407 e. The number of carbonyl (C=O) groups is 3. The molecule has 0 aliphatic carbocycles. The van der Waals surface area contributed by atoms with Gasteiger partial charge in [0.1, 0.15) is 19.2 Å². The molecule has 0 aliphatic heterocycles. The van der Waals surface area contributed by atoms with Gasteiger partial charge in [-0.05, 0) is 18.4 Å². The molecule has 0 saturated carbocycles. The molecular formula is C16H21N3O4. The second-order valence-corrected chi connectivity index (χ2v) is 4.80. The van der Waals surface area contributed by atoms with E-state index in [9.17, 15) is 14.4 Å². The summed E-state index contributed by atoms with van der Waals surface area (Å²) in [4.78, 5) is 34.4. The average molecular weight is 319 g/mol. The number of hydrogen-bond donors (Lipinski definition) is 3. The van der Waals surface area contributed by atoms with E-state index in [2.05, 4.69) is 17.2 Å². The lowest BCUT2D eigenvalue weighted by Crippen LogP contribution is -2.47. The van der Waals surface area contributed by atoms with Crippen molar-refractivity contribution in [3.8, 4) is 0 Å². The van der Waals surface area contributed by atoms with Crippen molar-refractivity contribution in [3.05, 3.63) is 48.6 Å². The first-order valence-corrected chi connectivity index (χ1v) is 7.17. The van der Waals surface area contributed by atoms with Crippen molar-refractivity contribution >= 4 is 17.9 Å². The van der Waals surface area contributed by atoms with Crippen LogP contribution < -0.4 is 16.4 Å². The molecule has 0 aromatic heterocycles. The highest BCUT2D eigenvalue weighted by molar-refractivity contribution is 5.88. The molecule has 0 bridgehead atoms. The van der Waals surface area contributed by atoms with Gasteiger partial charge in [-0.1, -0.05) is 36.4 Å². The van der Waals surface area contributed by atoms with Gasteiger partial charge in [0.15, 0.2) is 0 Å². The van der Waals surface area contributed by atoms with Crippen LogP contribution in [0.15, 0.2) is 43.0 Å². The van der Waals surface area contributed by atoms with Crippen LogP contribution in [0.5, 0.6) is 0 Å². The molecule has 0 heterocycles. The Kier molecular flexibility index (Phi) is 7.91. The fourth-order valence-corrected chi connectivity index (χ4v) is 1.74. The van der Waals surface area contributed by atoms with E-state index in [1.807, 2.05) is 30.3 Å². The summed E-state index contributed by atoms with van der Waals surface area (Å²) in [6.45, 7) is 3.35. The average Bonchev–Trinajstić information content (AvgIpc) is 2.55. The number of carbonyl (C=O) groups excluding carboxylic acids is 3. The number of allylic oxidation sites excluding steroid dienone is 1. The largest absolute Gasteiger partial charge is 0.445 e. The molecule has 0 spiro atoms. The fraction of sp³-hybridized carbons (Fsp3) is 0.312. The Bertz CT molecular complexity index is 546. The highest BCUT2D eigenvalue weighted by Gasteiger charge is 2.17. The summed E-state index contributed by atoms with van der Waals surface area (Å²) < 4.78 is 4.96. The lowest BCUT2D eigenvalue weighted by Gasteiger charge is -2.14. The van der Waals surface area contributed by atoms with Gasteiger partial charge in [0.2, 0.25) is 11.8 Å². The van der Waals surface area contributed by atoms with Crippen LogP contribution in [0.25, 0.3) is 0 Å². The Labute approximate surface area is 134 Å². The Morgan fingerprint density at radius 2 is 1.96 bits per heavy atom. The van der Waals surface area contributed by atoms with E-state index in [1.54, 1.807) is 6.08 Å². The third-order valence-corrected chi connectivity index (χ3v) is 2.94. The van der Waals surface area contributed by atoms with Gasteiger partial charge < -0.3 is 21.1 Å². The van der Waals surface area contributed by atoms with Gasteiger partial charge in [-0.3, -0.25) is 9.59 Å². The number of hydrogen-bond acceptors (Lipinski definition) is 4. The molecule has 0 aliphatic rings. The van der Waals surface area contributed by atoms with Crippen LogP contribution in [-0.2, 0) is 20.9 Å². The van der Waals surface area contributed by atoms with E-state index in [1.165, 1.54) is 0 Å². The normalized spacial score (nSPS) is 11.1. The second-order valence-electron chi connectivity index (χ2n) is 4.80. The van der Waals surface area contributed by atoms with Gasteiger partial charge in [0.25, 0.3) is 0 Å². The Hall–Kier alpha value is -2.83. The molecule has 1 aromatic carbocycles. The Morgan fingerprint density at radius 3 is 2.57 bits per heavy atom. The van der Waals surface area contributed by atoms with Crippen LogP contribution >= 0.6 is 0 Å². The first kappa shape index (κ1) is 18.2. The van der Waals surface area contributed by atoms with Crippen molar-refractivity contribution in [3.63, 3.8) is 0 Å². The maximum atomic E-state index is 11.7. The van der Waals surface area contributed by atoms with Crippen LogP contribution in [-0.4, -0.2) is 30.5 Å². The van der Waals surface area contributed by atoms with Gasteiger partial charge in [0, 0.05) is 0 Å². The Morgan fingerprint density at radius 1 is 1.26 bits per heavy atom. The third kappa shape index (κ3) is 7.66. The van der Waals surface area contributed by atoms with Crippen molar-refractivity contribution in [1.82, 2.24) is 10.6 Å². The maximum absolute atomic E-state index is 11.7. The van der Waals surface area contributed by atoms with Crippen LogP contribution in [0.3, 0.4) is 0 Å². The summed E-state index contributed by atoms with van der Waals surface area (Å²) in [5.41, 5.74) is 6.03.